The molecule has 2 atom stereocenters. The van der Waals surface area contributed by atoms with Crippen molar-refractivity contribution in [1.82, 2.24) is 5.32 Å². The fourth-order valence-corrected chi connectivity index (χ4v) is 4.59. The van der Waals surface area contributed by atoms with E-state index in [0.29, 0.717) is 46.9 Å². The van der Waals surface area contributed by atoms with Gasteiger partial charge in [0.1, 0.15) is 36.2 Å². The molecule has 0 aliphatic carbocycles. The highest BCUT2D eigenvalue weighted by atomic mass is 16.5. The number of aliphatic hydroxyl groups is 3. The number of nitrogens with one attached hydrogen (secondary N) is 1. The number of phenolic OH excluding ortho intramolecular Hbond substituents is 2. The Bertz CT molecular complexity index is 1330. The molecular formula is C31H33NO7. The Labute approximate surface area is 227 Å². The van der Waals surface area contributed by atoms with Gasteiger partial charge in [0.25, 0.3) is 0 Å². The van der Waals surface area contributed by atoms with Crippen LogP contribution in [0, 0.1) is 0 Å². The molecule has 39 heavy (non-hydrogen) atoms. The molecule has 6 N–H and O–H groups in total. The molecule has 0 aromatic heterocycles. The summed E-state index contributed by atoms with van der Waals surface area (Å²) in [6.07, 6.45) is 0. The lowest BCUT2D eigenvalue weighted by atomic mass is 9.66. The monoisotopic (exact) mass is 531 g/mol. The normalized spacial score (nSPS) is 14.3. The number of hydrogen-bond donors (Lipinski definition) is 6. The lowest BCUT2D eigenvalue weighted by molar-refractivity contribution is -0.113. The van der Waals surface area contributed by atoms with Crippen LogP contribution in [0.4, 0.5) is 0 Å². The van der Waals surface area contributed by atoms with Crippen molar-refractivity contribution in [3.8, 4) is 23.0 Å². The van der Waals surface area contributed by atoms with E-state index in [4.69, 9.17) is 14.6 Å². The second-order valence-corrected chi connectivity index (χ2v) is 9.09. The van der Waals surface area contributed by atoms with Gasteiger partial charge in [-0.1, -0.05) is 48.5 Å². The van der Waals surface area contributed by atoms with Crippen molar-refractivity contribution < 1.29 is 35.0 Å². The van der Waals surface area contributed by atoms with Gasteiger partial charge in [-0.3, -0.25) is 0 Å². The number of ether oxygens (including phenoxy) is 2. The molecule has 0 aliphatic heterocycles. The van der Waals surface area contributed by atoms with Crippen molar-refractivity contribution in [1.29, 1.82) is 0 Å². The van der Waals surface area contributed by atoms with Crippen molar-refractivity contribution in [2.75, 3.05) is 33.4 Å². The molecule has 0 saturated heterocycles. The second kappa shape index (κ2) is 12.2. The molecule has 0 fully saturated rings. The molecule has 0 aliphatic rings. The first-order valence-corrected chi connectivity index (χ1v) is 12.6. The Balaban J connectivity index is 1.92. The molecule has 204 valence electrons. The summed E-state index contributed by atoms with van der Waals surface area (Å²) < 4.78 is 11.2. The predicted molar refractivity (Wildman–Crippen MR) is 147 cm³/mol. The minimum absolute atomic E-state index is 0.00472. The van der Waals surface area contributed by atoms with E-state index in [9.17, 15) is 20.4 Å². The molecule has 8 heteroatoms. The summed E-state index contributed by atoms with van der Waals surface area (Å²) in [5.74, 6) is 1.09. The number of likely N-dealkylation sites (N-methyl/N-ethyl adjacent to an activating group) is 1. The SMILES string of the molecule is CNCCOc1ccc([C@@](O)(c2ccc(O)cc2)[C@](O)(c2ccc(O)cc2)c2ccc(OCCO)cc2)cc1. The smallest absolute Gasteiger partial charge is 0.152 e. The molecule has 0 saturated carbocycles. The largest absolute Gasteiger partial charge is 0.508 e. The number of aliphatic hydroxyl groups excluding tert-OH is 1. The Morgan fingerprint density at radius 1 is 0.564 bits per heavy atom. The third kappa shape index (κ3) is 5.69. The fourth-order valence-electron chi connectivity index (χ4n) is 4.59. The van der Waals surface area contributed by atoms with Gasteiger partial charge >= 0.3 is 0 Å². The summed E-state index contributed by atoms with van der Waals surface area (Å²) in [5.41, 5.74) is -2.81. The molecular weight excluding hydrogens is 498 g/mol. The van der Waals surface area contributed by atoms with Crippen molar-refractivity contribution >= 4 is 0 Å². The standard InChI is InChI=1S/C31H33NO7/c1-32-18-20-38-28-14-6-24(7-15-28)30(36,22-2-10-26(34)11-3-22)31(37,23-4-12-27(35)13-5-23)25-8-16-29(17-9-25)39-21-19-33/h2-17,32-37H,18-21H2,1H3/t30-,31-/m0/s1. The zero-order valence-electron chi connectivity index (χ0n) is 21.6. The molecule has 0 amide bonds. The number of phenols is 2. The van der Waals surface area contributed by atoms with Crippen LogP contribution in [0.5, 0.6) is 23.0 Å². The average Bonchev–Trinajstić information content (AvgIpc) is 2.97. The maximum Gasteiger partial charge on any atom is 0.152 e. The lowest BCUT2D eigenvalue weighted by Crippen LogP contribution is -2.51. The number of benzene rings is 4. The summed E-state index contributed by atoms with van der Waals surface area (Å²) in [6.45, 7) is 1.09. The van der Waals surface area contributed by atoms with Crippen molar-refractivity contribution in [2.45, 2.75) is 11.2 Å². The van der Waals surface area contributed by atoms with Crippen molar-refractivity contribution in [3.05, 3.63) is 119 Å². The van der Waals surface area contributed by atoms with E-state index in [2.05, 4.69) is 5.32 Å². The third-order valence-corrected chi connectivity index (χ3v) is 6.62. The van der Waals surface area contributed by atoms with Crippen molar-refractivity contribution in [3.63, 3.8) is 0 Å². The van der Waals surface area contributed by atoms with Crippen LogP contribution in [0.1, 0.15) is 22.3 Å². The summed E-state index contributed by atoms with van der Waals surface area (Å²) in [4.78, 5) is 0. The molecule has 4 rings (SSSR count). The quantitative estimate of drug-likeness (QED) is 0.154. The topological polar surface area (TPSA) is 132 Å². The van der Waals surface area contributed by atoms with Gasteiger partial charge in [-0.15, -0.1) is 0 Å². The molecule has 0 unspecified atom stereocenters. The maximum absolute atomic E-state index is 12.7. The number of hydrogen-bond acceptors (Lipinski definition) is 8. The van der Waals surface area contributed by atoms with Gasteiger partial charge in [0.15, 0.2) is 11.2 Å². The molecule has 0 heterocycles. The van der Waals surface area contributed by atoms with E-state index in [1.54, 1.807) is 72.8 Å². The van der Waals surface area contributed by atoms with Gasteiger partial charge in [0, 0.05) is 6.54 Å². The number of rotatable bonds is 12. The van der Waals surface area contributed by atoms with Gasteiger partial charge in [-0.05, 0) is 77.8 Å². The molecule has 0 spiro atoms. The Hall–Kier alpha value is -4.08. The molecule has 4 aromatic carbocycles. The minimum atomic E-state index is -2.08. The van der Waals surface area contributed by atoms with Crippen LogP contribution in [-0.4, -0.2) is 58.9 Å². The zero-order chi connectivity index (χ0) is 27.9. The van der Waals surface area contributed by atoms with Gasteiger partial charge in [0.05, 0.1) is 6.61 Å². The Morgan fingerprint density at radius 2 is 0.897 bits per heavy atom. The van der Waals surface area contributed by atoms with Gasteiger partial charge < -0.3 is 40.3 Å². The van der Waals surface area contributed by atoms with E-state index in [-0.39, 0.29) is 24.7 Å². The maximum atomic E-state index is 12.7. The first-order valence-electron chi connectivity index (χ1n) is 12.6. The van der Waals surface area contributed by atoms with Crippen LogP contribution in [0.3, 0.4) is 0 Å². The summed E-state index contributed by atoms with van der Waals surface area (Å²) in [7, 11) is 1.83. The highest BCUT2D eigenvalue weighted by Gasteiger charge is 2.54. The Morgan fingerprint density at radius 3 is 1.23 bits per heavy atom. The second-order valence-electron chi connectivity index (χ2n) is 9.09. The van der Waals surface area contributed by atoms with Crippen LogP contribution >= 0.6 is 0 Å². The zero-order valence-corrected chi connectivity index (χ0v) is 21.6. The molecule has 4 aromatic rings. The molecule has 8 nitrogen and oxygen atoms in total. The summed E-state index contributed by atoms with van der Waals surface area (Å²) in [6, 6.07) is 25.3. The van der Waals surface area contributed by atoms with Crippen LogP contribution in [0.25, 0.3) is 0 Å². The summed E-state index contributed by atoms with van der Waals surface area (Å²) in [5, 5.41) is 57.5. The lowest BCUT2D eigenvalue weighted by Gasteiger charge is -2.45. The van der Waals surface area contributed by atoms with Crippen LogP contribution in [-0.2, 0) is 11.2 Å². The molecule has 0 bridgehead atoms. The van der Waals surface area contributed by atoms with Crippen LogP contribution < -0.4 is 14.8 Å². The van der Waals surface area contributed by atoms with E-state index in [0.717, 1.165) is 0 Å². The van der Waals surface area contributed by atoms with Gasteiger partial charge in [0.2, 0.25) is 0 Å². The average molecular weight is 532 g/mol. The molecule has 0 radical (unpaired) electrons. The third-order valence-electron chi connectivity index (χ3n) is 6.62. The van der Waals surface area contributed by atoms with Gasteiger partial charge in [-0.25, -0.2) is 0 Å². The first-order chi connectivity index (χ1) is 18.8. The predicted octanol–water partition coefficient (Wildman–Crippen LogP) is 3.24. The van der Waals surface area contributed by atoms with Crippen molar-refractivity contribution in [2.24, 2.45) is 0 Å². The number of aromatic hydroxyl groups is 2. The van der Waals surface area contributed by atoms with E-state index in [1.165, 1.54) is 24.3 Å². The minimum Gasteiger partial charge on any atom is -0.508 e. The van der Waals surface area contributed by atoms with Crippen LogP contribution in [0.2, 0.25) is 0 Å². The highest BCUT2D eigenvalue weighted by Crippen LogP contribution is 2.50. The van der Waals surface area contributed by atoms with Crippen LogP contribution in [0.15, 0.2) is 97.1 Å². The highest BCUT2D eigenvalue weighted by molar-refractivity contribution is 5.53. The van der Waals surface area contributed by atoms with E-state index < -0.39 is 11.2 Å². The van der Waals surface area contributed by atoms with E-state index in [1.807, 2.05) is 7.05 Å². The Kier molecular flexibility index (Phi) is 8.73. The van der Waals surface area contributed by atoms with Gasteiger partial charge in [-0.2, -0.15) is 0 Å². The first kappa shape index (κ1) is 27.9. The summed E-state index contributed by atoms with van der Waals surface area (Å²) >= 11 is 0. The fraction of sp³-hybridized carbons (Fsp3) is 0.226. The van der Waals surface area contributed by atoms with E-state index >= 15 is 0 Å².